The summed E-state index contributed by atoms with van der Waals surface area (Å²) in [5.74, 6) is 0.295. The highest BCUT2D eigenvalue weighted by Gasteiger charge is 2.37. The van der Waals surface area contributed by atoms with E-state index in [1.807, 2.05) is 0 Å². The van der Waals surface area contributed by atoms with Gasteiger partial charge in [-0.25, -0.2) is 0 Å². The fourth-order valence-electron chi connectivity index (χ4n) is 2.24. The summed E-state index contributed by atoms with van der Waals surface area (Å²) < 4.78 is 15.1. The molecule has 0 N–H and O–H groups in total. The van der Waals surface area contributed by atoms with Gasteiger partial charge in [0.05, 0.1) is 21.3 Å². The number of methoxy groups -OCH3 is 3. The van der Waals surface area contributed by atoms with Crippen LogP contribution in [0.2, 0.25) is 0 Å². The molecule has 1 saturated heterocycles. The highest BCUT2D eigenvalue weighted by Crippen LogP contribution is 2.29. The van der Waals surface area contributed by atoms with Crippen LogP contribution in [0.4, 0.5) is 0 Å². The van der Waals surface area contributed by atoms with Crippen molar-refractivity contribution in [1.29, 1.82) is 0 Å². The SMILES string of the molecule is COC(=O)CN1C(=O)/C(=C/c2cc(OC)ccc2OC)N(C)C1=S. The third-order valence-corrected chi connectivity index (χ3v) is 4.08. The Labute approximate surface area is 145 Å². The number of likely N-dealkylation sites (N-methyl/N-ethyl adjacent to an activating group) is 1. The van der Waals surface area contributed by atoms with Crippen molar-refractivity contribution in [3.05, 3.63) is 29.5 Å². The minimum absolute atomic E-state index is 0.231. The van der Waals surface area contributed by atoms with E-state index in [4.69, 9.17) is 21.7 Å². The van der Waals surface area contributed by atoms with Gasteiger partial charge in [-0.3, -0.25) is 14.5 Å². The van der Waals surface area contributed by atoms with Gasteiger partial charge < -0.3 is 19.1 Å². The van der Waals surface area contributed by atoms with E-state index in [0.29, 0.717) is 22.8 Å². The van der Waals surface area contributed by atoms with E-state index in [1.54, 1.807) is 43.3 Å². The number of amides is 1. The van der Waals surface area contributed by atoms with Crippen LogP contribution in [0.25, 0.3) is 6.08 Å². The van der Waals surface area contributed by atoms with Crippen LogP contribution >= 0.6 is 12.2 Å². The number of hydrogen-bond acceptors (Lipinski definition) is 6. The lowest BCUT2D eigenvalue weighted by atomic mass is 10.1. The van der Waals surface area contributed by atoms with Crippen LogP contribution in [0.1, 0.15) is 5.56 Å². The van der Waals surface area contributed by atoms with Crippen LogP contribution in [-0.2, 0) is 14.3 Å². The van der Waals surface area contributed by atoms with Gasteiger partial charge in [-0.1, -0.05) is 0 Å². The topological polar surface area (TPSA) is 68.3 Å². The number of carbonyl (C=O) groups is 2. The maximum atomic E-state index is 12.6. The summed E-state index contributed by atoms with van der Waals surface area (Å²) in [7, 11) is 6.01. The molecule has 0 aliphatic carbocycles. The van der Waals surface area contributed by atoms with Gasteiger partial charge in [0.25, 0.3) is 5.91 Å². The van der Waals surface area contributed by atoms with Crippen molar-refractivity contribution in [1.82, 2.24) is 9.80 Å². The molecule has 2 rings (SSSR count). The van der Waals surface area contributed by atoms with E-state index >= 15 is 0 Å². The lowest BCUT2D eigenvalue weighted by Crippen LogP contribution is -2.36. The molecule has 24 heavy (non-hydrogen) atoms. The van der Waals surface area contributed by atoms with Crippen LogP contribution in [-0.4, -0.2) is 61.7 Å². The Bertz CT molecular complexity index is 716. The first kappa shape index (κ1) is 17.7. The number of benzene rings is 1. The van der Waals surface area contributed by atoms with Crippen molar-refractivity contribution in [2.45, 2.75) is 0 Å². The molecule has 1 aromatic rings. The molecule has 1 amide bonds. The Morgan fingerprint density at radius 1 is 1.25 bits per heavy atom. The molecule has 0 aromatic heterocycles. The standard InChI is InChI=1S/C16H18N2O5S/c1-17-12(15(20)18(16(17)24)9-14(19)23-4)8-10-7-11(21-2)5-6-13(10)22-3/h5-8H,9H2,1-4H3/b12-8-. The third kappa shape index (κ3) is 3.33. The number of carbonyl (C=O) groups excluding carboxylic acids is 2. The number of esters is 1. The van der Waals surface area contributed by atoms with Crippen molar-refractivity contribution >= 4 is 35.3 Å². The summed E-state index contributed by atoms with van der Waals surface area (Å²) in [5.41, 5.74) is 0.991. The van der Waals surface area contributed by atoms with Crippen molar-refractivity contribution < 1.29 is 23.8 Å². The fraction of sp³-hybridized carbons (Fsp3) is 0.312. The molecule has 8 heteroatoms. The number of nitrogens with zero attached hydrogens (tertiary/aromatic N) is 2. The highest BCUT2D eigenvalue weighted by atomic mass is 32.1. The fourth-order valence-corrected chi connectivity index (χ4v) is 2.49. The van der Waals surface area contributed by atoms with E-state index in [2.05, 4.69) is 4.74 Å². The normalized spacial score (nSPS) is 15.9. The Balaban J connectivity index is 2.41. The monoisotopic (exact) mass is 350 g/mol. The molecule has 128 valence electrons. The predicted molar refractivity (Wildman–Crippen MR) is 91.6 cm³/mol. The molecule has 1 aliphatic heterocycles. The van der Waals surface area contributed by atoms with Gasteiger partial charge in [-0.15, -0.1) is 0 Å². The van der Waals surface area contributed by atoms with Gasteiger partial charge in [-0.2, -0.15) is 0 Å². The summed E-state index contributed by atoms with van der Waals surface area (Å²) in [4.78, 5) is 26.8. The third-order valence-electron chi connectivity index (χ3n) is 3.59. The molecule has 1 aromatic carbocycles. The lowest BCUT2D eigenvalue weighted by molar-refractivity contribution is -0.143. The first-order chi connectivity index (χ1) is 11.4. The Morgan fingerprint density at radius 3 is 2.54 bits per heavy atom. The molecule has 0 saturated carbocycles. The summed E-state index contributed by atoms with van der Waals surface area (Å²) >= 11 is 5.24. The van der Waals surface area contributed by atoms with Crippen molar-refractivity contribution in [2.24, 2.45) is 0 Å². The number of ether oxygens (including phenoxy) is 3. The van der Waals surface area contributed by atoms with Gasteiger partial charge in [0.2, 0.25) is 0 Å². The molecular formula is C16H18N2O5S. The van der Waals surface area contributed by atoms with Crippen molar-refractivity contribution in [2.75, 3.05) is 34.9 Å². The molecule has 1 fully saturated rings. The van der Waals surface area contributed by atoms with Gasteiger partial charge in [-0.05, 0) is 36.5 Å². The zero-order chi connectivity index (χ0) is 17.9. The van der Waals surface area contributed by atoms with Crippen molar-refractivity contribution in [3.63, 3.8) is 0 Å². The minimum atomic E-state index is -0.542. The quantitative estimate of drug-likeness (QED) is 0.450. The van der Waals surface area contributed by atoms with Gasteiger partial charge in [0, 0.05) is 12.6 Å². The number of hydrogen-bond donors (Lipinski definition) is 0. The van der Waals surface area contributed by atoms with Gasteiger partial charge in [0.1, 0.15) is 23.7 Å². The van der Waals surface area contributed by atoms with Crippen LogP contribution in [0.3, 0.4) is 0 Å². The van der Waals surface area contributed by atoms with Gasteiger partial charge >= 0.3 is 5.97 Å². The maximum Gasteiger partial charge on any atom is 0.325 e. The zero-order valence-corrected chi connectivity index (χ0v) is 14.7. The van der Waals surface area contributed by atoms with E-state index in [9.17, 15) is 9.59 Å². The Kier molecular flexibility index (Phi) is 5.40. The van der Waals surface area contributed by atoms with E-state index in [0.717, 1.165) is 0 Å². The maximum absolute atomic E-state index is 12.6. The Hall–Kier alpha value is -2.61. The predicted octanol–water partition coefficient (Wildman–Crippen LogP) is 1.28. The molecule has 1 aliphatic rings. The second kappa shape index (κ2) is 7.31. The number of thiocarbonyl (C=S) groups is 1. The van der Waals surface area contributed by atoms with E-state index < -0.39 is 5.97 Å². The van der Waals surface area contributed by atoms with Crippen LogP contribution in [0.15, 0.2) is 23.9 Å². The van der Waals surface area contributed by atoms with E-state index in [1.165, 1.54) is 19.1 Å². The highest BCUT2D eigenvalue weighted by molar-refractivity contribution is 7.80. The largest absolute Gasteiger partial charge is 0.497 e. The second-order valence-electron chi connectivity index (χ2n) is 4.95. The number of rotatable bonds is 5. The second-order valence-corrected chi connectivity index (χ2v) is 5.31. The molecule has 0 bridgehead atoms. The average molecular weight is 350 g/mol. The molecule has 7 nitrogen and oxygen atoms in total. The van der Waals surface area contributed by atoms with Crippen LogP contribution < -0.4 is 9.47 Å². The molecule has 0 radical (unpaired) electrons. The summed E-state index contributed by atoms with van der Waals surface area (Å²) in [6.45, 7) is -0.231. The summed E-state index contributed by atoms with van der Waals surface area (Å²) in [6, 6.07) is 5.25. The zero-order valence-electron chi connectivity index (χ0n) is 13.9. The van der Waals surface area contributed by atoms with E-state index in [-0.39, 0.29) is 17.6 Å². The minimum Gasteiger partial charge on any atom is -0.497 e. The van der Waals surface area contributed by atoms with Gasteiger partial charge in [0.15, 0.2) is 5.11 Å². The van der Waals surface area contributed by atoms with Crippen molar-refractivity contribution in [3.8, 4) is 11.5 Å². The smallest absolute Gasteiger partial charge is 0.325 e. The lowest BCUT2D eigenvalue weighted by Gasteiger charge is -2.14. The van der Waals surface area contributed by atoms with Crippen LogP contribution in [0, 0.1) is 0 Å². The molecular weight excluding hydrogens is 332 g/mol. The summed E-state index contributed by atoms with van der Waals surface area (Å²) in [6.07, 6.45) is 1.65. The molecule has 1 heterocycles. The first-order valence-corrected chi connectivity index (χ1v) is 7.43. The average Bonchev–Trinajstić information content (AvgIpc) is 2.79. The molecule has 0 unspecified atom stereocenters. The van der Waals surface area contributed by atoms with Crippen LogP contribution in [0.5, 0.6) is 11.5 Å². The Morgan fingerprint density at radius 2 is 1.96 bits per heavy atom. The summed E-state index contributed by atoms with van der Waals surface area (Å²) in [5, 5.41) is 0.235. The molecule has 0 spiro atoms. The molecule has 0 atom stereocenters. The first-order valence-electron chi connectivity index (χ1n) is 7.03.